The van der Waals surface area contributed by atoms with E-state index in [9.17, 15) is 9.59 Å². The molecule has 0 spiro atoms. The molecule has 34 heavy (non-hydrogen) atoms. The van der Waals surface area contributed by atoms with Crippen LogP contribution in [0.25, 0.3) is 11.3 Å². The average molecular weight is 465 g/mol. The molecule has 2 amide bonds. The summed E-state index contributed by atoms with van der Waals surface area (Å²) < 4.78 is 1.75. The lowest BCUT2D eigenvalue weighted by molar-refractivity contribution is -0.134. The van der Waals surface area contributed by atoms with Gasteiger partial charge in [-0.15, -0.1) is 0 Å². The van der Waals surface area contributed by atoms with E-state index in [1.54, 1.807) is 9.58 Å². The predicted octanol–water partition coefficient (Wildman–Crippen LogP) is 5.38. The Labute approximate surface area is 204 Å². The molecule has 0 unspecified atom stereocenters. The van der Waals surface area contributed by atoms with Crippen LogP contribution in [-0.2, 0) is 11.3 Å². The standard InChI is InChI=1S/C28H40N4O2/c1-19(2)15-16-31-26(33)25-17-24(22-13-11-21(12-14-22)20(3)4)30-32(25)18-28(31,5)27(34)29-23-9-7-6-8-10-23/h11-14,17,19-20,23H,6-10,15-16,18H2,1-5H3,(H,29,34)/t28-/m0/s1. The smallest absolute Gasteiger partial charge is 0.273 e. The fraction of sp³-hybridized carbons (Fsp3) is 0.607. The van der Waals surface area contributed by atoms with Gasteiger partial charge in [0, 0.05) is 18.2 Å². The highest BCUT2D eigenvalue weighted by Gasteiger charge is 2.48. The van der Waals surface area contributed by atoms with Crippen molar-refractivity contribution >= 4 is 11.8 Å². The van der Waals surface area contributed by atoms with Crippen LogP contribution in [-0.4, -0.2) is 44.6 Å². The number of nitrogens with zero attached hydrogens (tertiary/aromatic N) is 3. The second-order valence-electron chi connectivity index (χ2n) is 11.1. The number of hydrogen-bond acceptors (Lipinski definition) is 3. The van der Waals surface area contributed by atoms with Crippen LogP contribution < -0.4 is 5.32 Å². The summed E-state index contributed by atoms with van der Waals surface area (Å²) in [5, 5.41) is 8.07. The number of aromatic nitrogens is 2. The van der Waals surface area contributed by atoms with E-state index in [2.05, 4.69) is 57.3 Å². The Bertz CT molecular complexity index is 1020. The van der Waals surface area contributed by atoms with Crippen LogP contribution in [0.3, 0.4) is 0 Å². The van der Waals surface area contributed by atoms with E-state index in [1.807, 2.05) is 13.0 Å². The maximum atomic E-state index is 13.7. The summed E-state index contributed by atoms with van der Waals surface area (Å²) in [6.45, 7) is 11.5. The van der Waals surface area contributed by atoms with Gasteiger partial charge in [0.2, 0.25) is 5.91 Å². The molecule has 1 aliphatic heterocycles. The minimum Gasteiger partial charge on any atom is -0.351 e. The van der Waals surface area contributed by atoms with Crippen LogP contribution in [0.1, 0.15) is 95.1 Å². The molecule has 0 bridgehead atoms. The molecule has 184 valence electrons. The maximum Gasteiger partial charge on any atom is 0.273 e. The van der Waals surface area contributed by atoms with E-state index in [-0.39, 0.29) is 17.9 Å². The molecule has 1 atom stereocenters. The van der Waals surface area contributed by atoms with Crippen molar-refractivity contribution in [2.45, 2.75) is 97.2 Å². The number of hydrogen-bond donors (Lipinski definition) is 1. The third-order valence-electron chi connectivity index (χ3n) is 7.53. The van der Waals surface area contributed by atoms with Crippen molar-refractivity contribution in [1.29, 1.82) is 0 Å². The highest BCUT2D eigenvalue weighted by molar-refractivity contribution is 6.00. The summed E-state index contributed by atoms with van der Waals surface area (Å²) in [6, 6.07) is 10.5. The van der Waals surface area contributed by atoms with Crippen molar-refractivity contribution in [3.63, 3.8) is 0 Å². The number of nitrogens with one attached hydrogen (secondary N) is 1. The lowest BCUT2D eigenvalue weighted by Gasteiger charge is -2.44. The van der Waals surface area contributed by atoms with Gasteiger partial charge in [0.05, 0.1) is 12.2 Å². The molecule has 1 fully saturated rings. The molecular weight excluding hydrogens is 424 g/mol. The van der Waals surface area contributed by atoms with Gasteiger partial charge < -0.3 is 10.2 Å². The lowest BCUT2D eigenvalue weighted by atomic mass is 9.91. The average Bonchev–Trinajstić information content (AvgIpc) is 3.23. The first-order valence-electron chi connectivity index (χ1n) is 13.0. The molecule has 1 N–H and O–H groups in total. The van der Waals surface area contributed by atoms with Crippen LogP contribution in [0.15, 0.2) is 30.3 Å². The molecule has 1 aromatic heterocycles. The molecular formula is C28H40N4O2. The molecule has 6 heteroatoms. The summed E-state index contributed by atoms with van der Waals surface area (Å²) in [5.74, 6) is 0.746. The van der Waals surface area contributed by atoms with E-state index >= 15 is 0 Å². The first kappa shape index (κ1) is 24.5. The number of amides is 2. The second kappa shape index (κ2) is 9.93. The predicted molar refractivity (Wildman–Crippen MR) is 136 cm³/mol. The molecule has 6 nitrogen and oxygen atoms in total. The van der Waals surface area contributed by atoms with E-state index in [0.717, 1.165) is 43.4 Å². The van der Waals surface area contributed by atoms with E-state index in [1.165, 1.54) is 12.0 Å². The van der Waals surface area contributed by atoms with E-state index in [0.29, 0.717) is 30.6 Å². The van der Waals surface area contributed by atoms with Crippen molar-refractivity contribution in [2.24, 2.45) is 5.92 Å². The fourth-order valence-corrected chi connectivity index (χ4v) is 5.15. The summed E-state index contributed by atoms with van der Waals surface area (Å²) in [4.78, 5) is 29.1. The van der Waals surface area contributed by atoms with Gasteiger partial charge in [-0.2, -0.15) is 5.10 Å². The van der Waals surface area contributed by atoms with Gasteiger partial charge in [0.25, 0.3) is 5.91 Å². The van der Waals surface area contributed by atoms with Gasteiger partial charge >= 0.3 is 0 Å². The Kier molecular flexibility index (Phi) is 7.15. The third kappa shape index (κ3) is 4.91. The first-order valence-corrected chi connectivity index (χ1v) is 13.0. The largest absolute Gasteiger partial charge is 0.351 e. The summed E-state index contributed by atoms with van der Waals surface area (Å²) >= 11 is 0. The molecule has 0 saturated heterocycles. The van der Waals surface area contributed by atoms with E-state index in [4.69, 9.17) is 5.10 Å². The Morgan fingerprint density at radius 2 is 1.79 bits per heavy atom. The van der Waals surface area contributed by atoms with Crippen LogP contribution >= 0.6 is 0 Å². The summed E-state index contributed by atoms with van der Waals surface area (Å²) in [7, 11) is 0. The number of carbonyl (C=O) groups excluding carboxylic acids is 2. The Balaban J connectivity index is 1.64. The van der Waals surface area contributed by atoms with Gasteiger partial charge in [-0.25, -0.2) is 0 Å². The minimum absolute atomic E-state index is 0.0551. The molecule has 1 saturated carbocycles. The van der Waals surface area contributed by atoms with Crippen molar-refractivity contribution in [2.75, 3.05) is 6.54 Å². The zero-order valence-electron chi connectivity index (χ0n) is 21.4. The van der Waals surface area contributed by atoms with E-state index < -0.39 is 5.54 Å². The topological polar surface area (TPSA) is 67.2 Å². The zero-order chi connectivity index (χ0) is 24.5. The molecule has 2 aliphatic rings. The van der Waals surface area contributed by atoms with Crippen molar-refractivity contribution in [3.05, 3.63) is 41.6 Å². The van der Waals surface area contributed by atoms with Crippen LogP contribution in [0.5, 0.6) is 0 Å². The minimum atomic E-state index is -0.957. The van der Waals surface area contributed by atoms with Crippen LogP contribution in [0.2, 0.25) is 0 Å². The van der Waals surface area contributed by atoms with Crippen molar-refractivity contribution in [1.82, 2.24) is 20.0 Å². The molecule has 2 aromatic rings. The Morgan fingerprint density at radius 1 is 1.12 bits per heavy atom. The zero-order valence-corrected chi connectivity index (χ0v) is 21.4. The van der Waals surface area contributed by atoms with Crippen molar-refractivity contribution < 1.29 is 9.59 Å². The highest BCUT2D eigenvalue weighted by Crippen LogP contribution is 2.32. The number of benzene rings is 1. The van der Waals surface area contributed by atoms with Gasteiger partial charge in [-0.3, -0.25) is 14.3 Å². The summed E-state index contributed by atoms with van der Waals surface area (Å²) in [6.07, 6.45) is 6.44. The molecule has 4 rings (SSSR count). The summed E-state index contributed by atoms with van der Waals surface area (Å²) in [5.41, 5.74) is 2.65. The lowest BCUT2D eigenvalue weighted by Crippen LogP contribution is -2.65. The molecule has 1 aromatic carbocycles. The molecule has 0 radical (unpaired) electrons. The van der Waals surface area contributed by atoms with Crippen LogP contribution in [0, 0.1) is 5.92 Å². The second-order valence-corrected chi connectivity index (χ2v) is 11.1. The van der Waals surface area contributed by atoms with Gasteiger partial charge in [0.1, 0.15) is 11.2 Å². The molecule has 1 aliphatic carbocycles. The number of carbonyl (C=O) groups is 2. The number of rotatable bonds is 7. The quantitative estimate of drug-likeness (QED) is 0.598. The third-order valence-corrected chi connectivity index (χ3v) is 7.53. The Hall–Kier alpha value is -2.63. The van der Waals surface area contributed by atoms with Gasteiger partial charge in [-0.1, -0.05) is 71.2 Å². The maximum absolute atomic E-state index is 13.7. The van der Waals surface area contributed by atoms with Gasteiger partial charge in [0.15, 0.2) is 0 Å². The normalized spacial score (nSPS) is 21.3. The highest BCUT2D eigenvalue weighted by atomic mass is 16.2. The number of fused-ring (bicyclic) bond motifs is 1. The Morgan fingerprint density at radius 3 is 2.41 bits per heavy atom. The first-order chi connectivity index (χ1) is 16.2. The van der Waals surface area contributed by atoms with Crippen molar-refractivity contribution in [3.8, 4) is 11.3 Å². The molecule has 2 heterocycles. The van der Waals surface area contributed by atoms with Crippen LogP contribution in [0.4, 0.5) is 0 Å². The fourth-order valence-electron chi connectivity index (χ4n) is 5.15. The SMILES string of the molecule is CC(C)CCN1C(=O)c2cc(-c3ccc(C(C)C)cc3)nn2C[C@@]1(C)C(=O)NC1CCCCC1. The van der Waals surface area contributed by atoms with Gasteiger partial charge in [-0.05, 0) is 49.7 Å². The monoisotopic (exact) mass is 464 g/mol.